The van der Waals surface area contributed by atoms with Gasteiger partial charge in [-0.1, -0.05) is 23.7 Å². The highest BCUT2D eigenvalue weighted by Crippen LogP contribution is 2.28. The van der Waals surface area contributed by atoms with E-state index in [0.717, 1.165) is 23.0 Å². The summed E-state index contributed by atoms with van der Waals surface area (Å²) in [5, 5.41) is 0.671. The molecule has 0 aliphatic rings. The van der Waals surface area contributed by atoms with Crippen LogP contribution in [0.25, 0.3) is 11.1 Å². The first-order valence-corrected chi connectivity index (χ1v) is 5.25. The number of benzene rings is 1. The largest absolute Gasteiger partial charge is 0.298 e. The van der Waals surface area contributed by atoms with E-state index < -0.39 is 0 Å². The number of halogens is 1. The van der Waals surface area contributed by atoms with Gasteiger partial charge in [-0.15, -0.1) is 0 Å². The Morgan fingerprint density at radius 1 is 1.25 bits per heavy atom. The zero-order valence-corrected chi connectivity index (χ0v) is 9.53. The number of carbonyl (C=O) groups is 1. The van der Waals surface area contributed by atoms with Crippen LogP contribution < -0.4 is 0 Å². The van der Waals surface area contributed by atoms with Crippen LogP contribution in [0.1, 0.15) is 15.9 Å². The van der Waals surface area contributed by atoms with Gasteiger partial charge >= 0.3 is 0 Å². The number of rotatable bonds is 2. The summed E-state index contributed by atoms with van der Waals surface area (Å²) in [6.07, 6.45) is 4.00. The molecule has 0 spiro atoms. The van der Waals surface area contributed by atoms with Gasteiger partial charge < -0.3 is 0 Å². The van der Waals surface area contributed by atoms with E-state index >= 15 is 0 Å². The van der Waals surface area contributed by atoms with E-state index in [-0.39, 0.29) is 0 Å². The molecule has 0 aliphatic carbocycles. The van der Waals surface area contributed by atoms with Gasteiger partial charge in [-0.2, -0.15) is 0 Å². The lowest BCUT2D eigenvalue weighted by Gasteiger charge is -2.05. The molecule has 1 aromatic heterocycles. The molecule has 80 valence electrons. The molecule has 3 heteroatoms. The molecule has 0 unspecified atom stereocenters. The number of aldehydes is 1. The summed E-state index contributed by atoms with van der Waals surface area (Å²) in [4.78, 5) is 14.7. The molecule has 0 amide bonds. The molecule has 0 radical (unpaired) electrons. The fourth-order valence-electron chi connectivity index (χ4n) is 1.52. The van der Waals surface area contributed by atoms with Crippen molar-refractivity contribution in [2.45, 2.75) is 6.92 Å². The Balaban J connectivity index is 2.53. The third-order valence-corrected chi connectivity index (χ3v) is 2.64. The topological polar surface area (TPSA) is 30.0 Å². The van der Waals surface area contributed by atoms with Crippen LogP contribution in [0.5, 0.6) is 0 Å². The van der Waals surface area contributed by atoms with Crippen LogP contribution in [0.4, 0.5) is 0 Å². The van der Waals surface area contributed by atoms with Crippen LogP contribution in [0.3, 0.4) is 0 Å². The molecule has 1 heterocycles. The van der Waals surface area contributed by atoms with E-state index in [0.29, 0.717) is 10.6 Å². The van der Waals surface area contributed by atoms with Crippen molar-refractivity contribution < 1.29 is 4.79 Å². The number of nitrogens with zero attached hydrogens (tertiary/aromatic N) is 1. The zero-order chi connectivity index (χ0) is 11.5. The van der Waals surface area contributed by atoms with Gasteiger partial charge in [-0.3, -0.25) is 9.78 Å². The van der Waals surface area contributed by atoms with Crippen molar-refractivity contribution in [3.05, 3.63) is 52.8 Å². The lowest BCUT2D eigenvalue weighted by molar-refractivity contribution is 0.112. The predicted molar refractivity (Wildman–Crippen MR) is 64.8 cm³/mol. The summed E-state index contributed by atoms with van der Waals surface area (Å²) in [6, 6.07) is 7.58. The summed E-state index contributed by atoms with van der Waals surface area (Å²) >= 11 is 6.14. The van der Waals surface area contributed by atoms with Crippen molar-refractivity contribution in [2.24, 2.45) is 0 Å². The number of pyridine rings is 1. The molecule has 0 fully saturated rings. The van der Waals surface area contributed by atoms with Gasteiger partial charge in [-0.05, 0) is 24.6 Å². The highest BCUT2D eigenvalue weighted by Gasteiger charge is 2.04. The lowest BCUT2D eigenvalue weighted by Crippen LogP contribution is -1.86. The second-order valence-corrected chi connectivity index (χ2v) is 4.02. The predicted octanol–water partition coefficient (Wildman–Crippen LogP) is 3.52. The SMILES string of the molecule is Cc1ccc(-c2cncc(C=O)c2)c(Cl)c1. The molecular formula is C13H10ClNO. The second-order valence-electron chi connectivity index (χ2n) is 3.61. The smallest absolute Gasteiger partial charge is 0.151 e. The average molecular weight is 232 g/mol. The van der Waals surface area contributed by atoms with Crippen molar-refractivity contribution >= 4 is 17.9 Å². The Kier molecular flexibility index (Phi) is 3.02. The quantitative estimate of drug-likeness (QED) is 0.741. The van der Waals surface area contributed by atoms with Gasteiger partial charge in [0.05, 0.1) is 0 Å². The van der Waals surface area contributed by atoms with Crippen LogP contribution >= 0.6 is 11.6 Å². The average Bonchev–Trinajstić information content (AvgIpc) is 2.29. The first-order chi connectivity index (χ1) is 7.70. The van der Waals surface area contributed by atoms with Crippen molar-refractivity contribution in [2.75, 3.05) is 0 Å². The number of hydrogen-bond acceptors (Lipinski definition) is 2. The third kappa shape index (κ3) is 2.12. The molecule has 0 bridgehead atoms. The lowest BCUT2D eigenvalue weighted by atomic mass is 10.0. The molecule has 0 saturated carbocycles. The summed E-state index contributed by atoms with van der Waals surface area (Å²) < 4.78 is 0. The van der Waals surface area contributed by atoms with Crippen LogP contribution in [0, 0.1) is 6.92 Å². The van der Waals surface area contributed by atoms with Crippen LogP contribution in [-0.2, 0) is 0 Å². The molecule has 2 nitrogen and oxygen atoms in total. The maximum atomic E-state index is 10.7. The van der Waals surface area contributed by atoms with E-state index in [9.17, 15) is 4.79 Å². The fraction of sp³-hybridized carbons (Fsp3) is 0.0769. The van der Waals surface area contributed by atoms with Gasteiger partial charge in [-0.25, -0.2) is 0 Å². The Labute approximate surface area is 98.9 Å². The number of aromatic nitrogens is 1. The van der Waals surface area contributed by atoms with Gasteiger partial charge in [0.2, 0.25) is 0 Å². The molecular weight excluding hydrogens is 222 g/mol. The zero-order valence-electron chi connectivity index (χ0n) is 8.77. The van der Waals surface area contributed by atoms with Gasteiger partial charge in [0.15, 0.2) is 6.29 Å². The van der Waals surface area contributed by atoms with Crippen LogP contribution in [-0.4, -0.2) is 11.3 Å². The van der Waals surface area contributed by atoms with Gasteiger partial charge in [0, 0.05) is 34.1 Å². The fourth-order valence-corrected chi connectivity index (χ4v) is 1.87. The first-order valence-electron chi connectivity index (χ1n) is 4.87. The van der Waals surface area contributed by atoms with E-state index in [1.54, 1.807) is 12.3 Å². The molecule has 1 aromatic carbocycles. The summed E-state index contributed by atoms with van der Waals surface area (Å²) in [5.74, 6) is 0. The van der Waals surface area contributed by atoms with Crippen LogP contribution in [0.2, 0.25) is 5.02 Å². The molecule has 16 heavy (non-hydrogen) atoms. The summed E-state index contributed by atoms with van der Waals surface area (Å²) in [6.45, 7) is 1.98. The minimum absolute atomic E-state index is 0.550. The molecule has 2 aromatic rings. The standard InChI is InChI=1S/C13H10ClNO/c1-9-2-3-12(13(14)4-9)11-5-10(8-16)6-15-7-11/h2-8H,1H3. The molecule has 0 saturated heterocycles. The Bertz CT molecular complexity index is 537. The minimum Gasteiger partial charge on any atom is -0.298 e. The number of hydrogen-bond donors (Lipinski definition) is 0. The number of carbonyl (C=O) groups excluding carboxylic acids is 1. The normalized spacial score (nSPS) is 10.1. The Hall–Kier alpha value is -1.67. The Morgan fingerprint density at radius 2 is 2.06 bits per heavy atom. The van der Waals surface area contributed by atoms with E-state index in [1.165, 1.54) is 6.20 Å². The van der Waals surface area contributed by atoms with Gasteiger partial charge in [0.1, 0.15) is 0 Å². The molecule has 0 atom stereocenters. The minimum atomic E-state index is 0.550. The van der Waals surface area contributed by atoms with Crippen molar-refractivity contribution in [1.82, 2.24) is 4.98 Å². The maximum absolute atomic E-state index is 10.7. The highest BCUT2D eigenvalue weighted by molar-refractivity contribution is 6.33. The van der Waals surface area contributed by atoms with E-state index in [1.807, 2.05) is 25.1 Å². The van der Waals surface area contributed by atoms with E-state index in [2.05, 4.69) is 4.98 Å². The van der Waals surface area contributed by atoms with Crippen molar-refractivity contribution in [1.29, 1.82) is 0 Å². The second kappa shape index (κ2) is 4.45. The van der Waals surface area contributed by atoms with Crippen molar-refractivity contribution in [3.8, 4) is 11.1 Å². The number of aryl methyl sites for hydroxylation is 1. The van der Waals surface area contributed by atoms with Crippen LogP contribution in [0.15, 0.2) is 36.7 Å². The first kappa shape index (κ1) is 10.8. The molecule has 2 rings (SSSR count). The molecule has 0 aliphatic heterocycles. The highest BCUT2D eigenvalue weighted by atomic mass is 35.5. The summed E-state index contributed by atoms with van der Waals surface area (Å²) in [5.41, 5.74) is 3.40. The Morgan fingerprint density at radius 3 is 2.75 bits per heavy atom. The molecule has 0 N–H and O–H groups in total. The third-order valence-electron chi connectivity index (χ3n) is 2.33. The summed E-state index contributed by atoms with van der Waals surface area (Å²) in [7, 11) is 0. The monoisotopic (exact) mass is 231 g/mol. The van der Waals surface area contributed by atoms with E-state index in [4.69, 9.17) is 11.6 Å². The van der Waals surface area contributed by atoms with Crippen molar-refractivity contribution in [3.63, 3.8) is 0 Å². The van der Waals surface area contributed by atoms with Gasteiger partial charge in [0.25, 0.3) is 0 Å². The maximum Gasteiger partial charge on any atom is 0.151 e.